The number of halogens is 2. The first-order chi connectivity index (χ1) is 15.0. The van der Waals surface area contributed by atoms with Crippen LogP contribution < -0.4 is 18.9 Å². The maximum Gasteiger partial charge on any atom is 0.203 e. The summed E-state index contributed by atoms with van der Waals surface area (Å²) < 4.78 is 22.4. The lowest BCUT2D eigenvalue weighted by molar-refractivity contribution is -0.108. The first-order valence-corrected chi connectivity index (χ1v) is 10.0. The second-order valence-electron chi connectivity index (χ2n) is 6.49. The molecule has 0 bridgehead atoms. The van der Waals surface area contributed by atoms with E-state index >= 15 is 0 Å². The lowest BCUT2D eigenvalue weighted by Crippen LogP contribution is -2.09. The fourth-order valence-corrected chi connectivity index (χ4v) is 3.84. The van der Waals surface area contributed by atoms with Gasteiger partial charge >= 0.3 is 0 Å². The standard InChI is InChI=1S/C23H21Cl2NO5/c1-28-15-6-4-5-14(9-15)13-31-22-16(7-8-20(29-2)23(22)30-3)17(12-27)21-18(24)10-26-11-19(21)25/h4-12,17H,13H2,1-3H3. The summed E-state index contributed by atoms with van der Waals surface area (Å²) in [7, 11) is 4.62. The van der Waals surface area contributed by atoms with Crippen molar-refractivity contribution in [1.82, 2.24) is 4.98 Å². The highest BCUT2D eigenvalue weighted by Gasteiger charge is 2.27. The van der Waals surface area contributed by atoms with Crippen LogP contribution in [-0.4, -0.2) is 32.6 Å². The molecule has 8 heteroatoms. The number of carbonyl (C=O) groups is 1. The molecule has 31 heavy (non-hydrogen) atoms. The zero-order valence-electron chi connectivity index (χ0n) is 17.2. The van der Waals surface area contributed by atoms with Crippen LogP contribution in [0.15, 0.2) is 48.8 Å². The number of aromatic nitrogens is 1. The predicted molar refractivity (Wildman–Crippen MR) is 119 cm³/mol. The van der Waals surface area contributed by atoms with E-state index < -0.39 is 5.92 Å². The summed E-state index contributed by atoms with van der Waals surface area (Å²) in [5, 5.41) is 0.552. The quantitative estimate of drug-likeness (QED) is 0.401. The maximum atomic E-state index is 12.2. The predicted octanol–water partition coefficient (Wildman–Crippen LogP) is 5.32. The van der Waals surface area contributed by atoms with Gasteiger partial charge in [-0.15, -0.1) is 0 Å². The summed E-state index contributed by atoms with van der Waals surface area (Å²) in [6, 6.07) is 10.9. The number of ether oxygens (including phenoxy) is 4. The number of aldehydes is 1. The molecule has 3 aromatic rings. The minimum atomic E-state index is -0.803. The molecule has 0 N–H and O–H groups in total. The van der Waals surface area contributed by atoms with E-state index in [1.807, 2.05) is 24.3 Å². The summed E-state index contributed by atoms with van der Waals surface area (Å²) in [6.07, 6.45) is 3.64. The van der Waals surface area contributed by atoms with Gasteiger partial charge in [0.2, 0.25) is 5.75 Å². The molecular weight excluding hydrogens is 441 g/mol. The molecule has 162 valence electrons. The van der Waals surface area contributed by atoms with Crippen molar-refractivity contribution in [2.45, 2.75) is 12.5 Å². The number of hydrogen-bond acceptors (Lipinski definition) is 6. The third-order valence-electron chi connectivity index (χ3n) is 4.72. The van der Waals surface area contributed by atoms with Crippen LogP contribution in [0.5, 0.6) is 23.0 Å². The highest BCUT2D eigenvalue weighted by Crippen LogP contribution is 2.46. The van der Waals surface area contributed by atoms with Crippen molar-refractivity contribution in [3.63, 3.8) is 0 Å². The SMILES string of the molecule is COc1cccc(COc2c(C(C=O)c3c(Cl)cncc3Cl)ccc(OC)c2OC)c1. The number of rotatable bonds is 9. The van der Waals surface area contributed by atoms with Gasteiger partial charge < -0.3 is 23.7 Å². The summed E-state index contributed by atoms with van der Waals surface area (Å²) in [5.74, 6) is 1.08. The molecule has 0 aliphatic heterocycles. The molecule has 0 fully saturated rings. The molecule has 1 atom stereocenters. The van der Waals surface area contributed by atoms with Gasteiger partial charge in [-0.2, -0.15) is 0 Å². The number of benzene rings is 2. The smallest absolute Gasteiger partial charge is 0.203 e. The van der Waals surface area contributed by atoms with E-state index in [9.17, 15) is 4.79 Å². The lowest BCUT2D eigenvalue weighted by Gasteiger charge is -2.22. The molecule has 1 unspecified atom stereocenters. The van der Waals surface area contributed by atoms with E-state index in [0.29, 0.717) is 34.1 Å². The molecule has 0 saturated heterocycles. The first-order valence-electron chi connectivity index (χ1n) is 9.28. The molecule has 0 aliphatic rings. The number of methoxy groups -OCH3 is 3. The Bertz CT molecular complexity index is 1050. The van der Waals surface area contributed by atoms with Crippen molar-refractivity contribution >= 4 is 29.5 Å². The summed E-state index contributed by atoms with van der Waals surface area (Å²) in [6.45, 7) is 0.205. The molecule has 0 saturated carbocycles. The number of hydrogen-bond donors (Lipinski definition) is 0. The molecule has 3 rings (SSSR count). The molecule has 0 radical (unpaired) electrons. The van der Waals surface area contributed by atoms with Crippen molar-refractivity contribution in [2.75, 3.05) is 21.3 Å². The average Bonchev–Trinajstić information content (AvgIpc) is 2.79. The molecule has 1 heterocycles. The van der Waals surface area contributed by atoms with Crippen molar-refractivity contribution < 1.29 is 23.7 Å². The van der Waals surface area contributed by atoms with Crippen molar-refractivity contribution in [1.29, 1.82) is 0 Å². The molecule has 0 aliphatic carbocycles. The Hall–Kier alpha value is -2.96. The Morgan fingerprint density at radius 3 is 2.32 bits per heavy atom. The topological polar surface area (TPSA) is 66.9 Å². The van der Waals surface area contributed by atoms with E-state index in [0.717, 1.165) is 11.8 Å². The minimum absolute atomic E-state index is 0.205. The van der Waals surface area contributed by atoms with Crippen LogP contribution in [0.2, 0.25) is 10.0 Å². The molecule has 0 spiro atoms. The van der Waals surface area contributed by atoms with Gasteiger partial charge in [0, 0.05) is 23.5 Å². The second-order valence-corrected chi connectivity index (χ2v) is 7.30. The molecule has 2 aromatic carbocycles. The van der Waals surface area contributed by atoms with Gasteiger partial charge in [-0.25, -0.2) is 0 Å². The highest BCUT2D eigenvalue weighted by molar-refractivity contribution is 6.36. The van der Waals surface area contributed by atoms with Gasteiger partial charge in [0.15, 0.2) is 11.5 Å². The molecule has 1 aromatic heterocycles. The highest BCUT2D eigenvalue weighted by atomic mass is 35.5. The Balaban J connectivity index is 2.10. The molecule has 0 amide bonds. The van der Waals surface area contributed by atoms with Gasteiger partial charge in [-0.1, -0.05) is 41.4 Å². The summed E-state index contributed by atoms with van der Waals surface area (Å²) >= 11 is 12.7. The van der Waals surface area contributed by atoms with E-state index in [4.69, 9.17) is 42.1 Å². The third-order valence-corrected chi connectivity index (χ3v) is 5.32. The second kappa shape index (κ2) is 10.4. The minimum Gasteiger partial charge on any atom is -0.497 e. The van der Waals surface area contributed by atoms with Gasteiger partial charge in [0.1, 0.15) is 18.6 Å². The van der Waals surface area contributed by atoms with Crippen LogP contribution in [0.25, 0.3) is 0 Å². The molecule has 6 nitrogen and oxygen atoms in total. The van der Waals surface area contributed by atoms with Gasteiger partial charge in [0.05, 0.1) is 37.3 Å². The summed E-state index contributed by atoms with van der Waals surface area (Å²) in [4.78, 5) is 16.2. The van der Waals surface area contributed by atoms with E-state index in [-0.39, 0.29) is 16.7 Å². The fourth-order valence-electron chi connectivity index (χ4n) is 3.24. The number of nitrogens with zero attached hydrogens (tertiary/aromatic N) is 1. The average molecular weight is 462 g/mol. The maximum absolute atomic E-state index is 12.2. The van der Waals surface area contributed by atoms with E-state index in [2.05, 4.69) is 4.98 Å². The fraction of sp³-hybridized carbons (Fsp3) is 0.217. The van der Waals surface area contributed by atoms with Crippen LogP contribution in [0.3, 0.4) is 0 Å². The van der Waals surface area contributed by atoms with Crippen LogP contribution in [0.1, 0.15) is 22.6 Å². The van der Waals surface area contributed by atoms with Crippen molar-refractivity contribution in [2.24, 2.45) is 0 Å². The Kier molecular flexibility index (Phi) is 7.60. The van der Waals surface area contributed by atoms with Crippen LogP contribution in [0, 0.1) is 0 Å². The number of carbonyl (C=O) groups excluding carboxylic acids is 1. The Morgan fingerprint density at radius 1 is 0.968 bits per heavy atom. The normalized spacial score (nSPS) is 11.5. The third kappa shape index (κ3) is 4.86. The Labute approximate surface area is 190 Å². The number of pyridine rings is 1. The lowest BCUT2D eigenvalue weighted by atomic mass is 9.92. The largest absolute Gasteiger partial charge is 0.497 e. The molecular formula is C23H21Cl2NO5. The Morgan fingerprint density at radius 2 is 1.71 bits per heavy atom. The van der Waals surface area contributed by atoms with Gasteiger partial charge in [0.25, 0.3) is 0 Å². The van der Waals surface area contributed by atoms with E-state index in [1.165, 1.54) is 26.6 Å². The van der Waals surface area contributed by atoms with Crippen LogP contribution >= 0.6 is 23.2 Å². The van der Waals surface area contributed by atoms with Gasteiger partial charge in [-0.3, -0.25) is 4.98 Å². The van der Waals surface area contributed by atoms with Crippen molar-refractivity contribution in [3.8, 4) is 23.0 Å². The zero-order chi connectivity index (χ0) is 22.4. The first kappa shape index (κ1) is 22.7. The van der Waals surface area contributed by atoms with Crippen LogP contribution in [0.4, 0.5) is 0 Å². The monoisotopic (exact) mass is 461 g/mol. The summed E-state index contributed by atoms with van der Waals surface area (Å²) in [5.41, 5.74) is 1.84. The van der Waals surface area contributed by atoms with Crippen molar-refractivity contribution in [3.05, 3.63) is 75.5 Å². The van der Waals surface area contributed by atoms with Crippen LogP contribution in [-0.2, 0) is 11.4 Å². The zero-order valence-corrected chi connectivity index (χ0v) is 18.7. The van der Waals surface area contributed by atoms with E-state index in [1.54, 1.807) is 19.2 Å². The van der Waals surface area contributed by atoms with Gasteiger partial charge in [-0.05, 0) is 23.8 Å².